The van der Waals surface area contributed by atoms with Crippen LogP contribution in [0.5, 0.6) is 0 Å². The van der Waals surface area contributed by atoms with Gasteiger partial charge in [-0.15, -0.1) is 0 Å². The standard InChI is InChI=1S/C15H20N4/c1-8-6-9(2)11(4)14(10(8)3)15-18-12(5)17-13(7-16)19-15/h6H,7,16H2,1-5H3. The van der Waals surface area contributed by atoms with Crippen molar-refractivity contribution in [2.75, 3.05) is 0 Å². The molecule has 0 fully saturated rings. The molecular formula is C15H20N4. The molecule has 1 aromatic carbocycles. The quantitative estimate of drug-likeness (QED) is 0.896. The minimum absolute atomic E-state index is 0.333. The van der Waals surface area contributed by atoms with Crippen molar-refractivity contribution in [2.24, 2.45) is 5.73 Å². The van der Waals surface area contributed by atoms with E-state index in [0.29, 0.717) is 18.2 Å². The largest absolute Gasteiger partial charge is 0.324 e. The average molecular weight is 256 g/mol. The molecule has 0 spiro atoms. The van der Waals surface area contributed by atoms with Gasteiger partial charge in [0.15, 0.2) is 5.82 Å². The first kappa shape index (κ1) is 13.6. The van der Waals surface area contributed by atoms with Gasteiger partial charge in [-0.25, -0.2) is 15.0 Å². The monoisotopic (exact) mass is 256 g/mol. The van der Waals surface area contributed by atoms with Gasteiger partial charge in [-0.05, 0) is 56.9 Å². The molecule has 0 bridgehead atoms. The first-order chi connectivity index (χ1) is 8.93. The molecule has 0 aliphatic heterocycles. The summed E-state index contributed by atoms with van der Waals surface area (Å²) in [5, 5.41) is 0. The van der Waals surface area contributed by atoms with Crippen LogP contribution in [-0.4, -0.2) is 15.0 Å². The number of hydrogen-bond acceptors (Lipinski definition) is 4. The number of rotatable bonds is 2. The summed E-state index contributed by atoms with van der Waals surface area (Å²) in [5.41, 5.74) is 11.7. The first-order valence-corrected chi connectivity index (χ1v) is 6.43. The Hall–Kier alpha value is -1.81. The summed E-state index contributed by atoms with van der Waals surface area (Å²) in [7, 11) is 0. The summed E-state index contributed by atoms with van der Waals surface area (Å²) in [5.74, 6) is 2.08. The maximum Gasteiger partial charge on any atom is 0.163 e. The van der Waals surface area contributed by atoms with E-state index >= 15 is 0 Å². The van der Waals surface area contributed by atoms with Crippen molar-refractivity contribution in [3.05, 3.63) is 40.0 Å². The van der Waals surface area contributed by atoms with E-state index in [1.54, 1.807) is 0 Å². The molecule has 19 heavy (non-hydrogen) atoms. The van der Waals surface area contributed by atoms with Crippen molar-refractivity contribution < 1.29 is 0 Å². The Balaban J connectivity index is 2.75. The van der Waals surface area contributed by atoms with Gasteiger partial charge in [-0.3, -0.25) is 0 Å². The van der Waals surface area contributed by atoms with Gasteiger partial charge < -0.3 is 5.73 Å². The van der Waals surface area contributed by atoms with Crippen molar-refractivity contribution in [1.29, 1.82) is 0 Å². The third-order valence-corrected chi connectivity index (χ3v) is 3.57. The van der Waals surface area contributed by atoms with Crippen LogP contribution in [0.25, 0.3) is 11.4 Å². The van der Waals surface area contributed by atoms with Crippen LogP contribution in [0.1, 0.15) is 33.9 Å². The van der Waals surface area contributed by atoms with Crippen LogP contribution < -0.4 is 5.73 Å². The summed E-state index contributed by atoms with van der Waals surface area (Å²) < 4.78 is 0. The predicted octanol–water partition coefficient (Wildman–Crippen LogP) is 2.54. The Morgan fingerprint density at radius 2 is 1.47 bits per heavy atom. The zero-order valence-electron chi connectivity index (χ0n) is 12.2. The molecule has 0 unspecified atom stereocenters. The molecule has 100 valence electrons. The van der Waals surface area contributed by atoms with E-state index in [-0.39, 0.29) is 0 Å². The van der Waals surface area contributed by atoms with Crippen molar-refractivity contribution in [2.45, 2.75) is 41.2 Å². The highest BCUT2D eigenvalue weighted by molar-refractivity contribution is 5.68. The molecule has 0 saturated heterocycles. The third-order valence-electron chi connectivity index (χ3n) is 3.57. The van der Waals surface area contributed by atoms with Crippen molar-refractivity contribution >= 4 is 0 Å². The van der Waals surface area contributed by atoms with Crippen LogP contribution in [-0.2, 0) is 6.54 Å². The van der Waals surface area contributed by atoms with E-state index < -0.39 is 0 Å². The van der Waals surface area contributed by atoms with Crippen LogP contribution in [0.3, 0.4) is 0 Å². The van der Waals surface area contributed by atoms with E-state index in [0.717, 1.165) is 11.4 Å². The highest BCUT2D eigenvalue weighted by atomic mass is 15.0. The average Bonchev–Trinajstić information content (AvgIpc) is 2.36. The summed E-state index contributed by atoms with van der Waals surface area (Å²) in [6.07, 6.45) is 0. The molecule has 0 aliphatic rings. The molecule has 0 saturated carbocycles. The van der Waals surface area contributed by atoms with E-state index in [4.69, 9.17) is 5.73 Å². The van der Waals surface area contributed by atoms with Crippen LogP contribution in [0.15, 0.2) is 6.07 Å². The lowest BCUT2D eigenvalue weighted by molar-refractivity contribution is 0.850. The fourth-order valence-electron chi connectivity index (χ4n) is 2.29. The second kappa shape index (κ2) is 5.05. The zero-order chi connectivity index (χ0) is 14.2. The Morgan fingerprint density at radius 3 is 2.00 bits per heavy atom. The molecule has 0 aliphatic carbocycles. The molecule has 0 atom stereocenters. The van der Waals surface area contributed by atoms with Crippen molar-refractivity contribution in [3.8, 4) is 11.4 Å². The Bertz CT molecular complexity index is 606. The van der Waals surface area contributed by atoms with Gasteiger partial charge in [0.25, 0.3) is 0 Å². The van der Waals surface area contributed by atoms with Gasteiger partial charge in [-0.1, -0.05) is 6.07 Å². The number of aryl methyl sites for hydroxylation is 3. The van der Waals surface area contributed by atoms with Crippen LogP contribution in [0.4, 0.5) is 0 Å². The predicted molar refractivity (Wildman–Crippen MR) is 76.8 cm³/mol. The SMILES string of the molecule is Cc1nc(CN)nc(-c2c(C)c(C)cc(C)c2C)n1. The van der Waals surface area contributed by atoms with Gasteiger partial charge in [0.2, 0.25) is 0 Å². The first-order valence-electron chi connectivity index (χ1n) is 6.43. The van der Waals surface area contributed by atoms with E-state index in [2.05, 4.69) is 48.7 Å². The lowest BCUT2D eigenvalue weighted by Crippen LogP contribution is -2.09. The van der Waals surface area contributed by atoms with Crippen LogP contribution >= 0.6 is 0 Å². The molecule has 2 rings (SSSR count). The summed E-state index contributed by atoms with van der Waals surface area (Å²) >= 11 is 0. The molecule has 0 amide bonds. The summed E-state index contributed by atoms with van der Waals surface area (Å²) in [4.78, 5) is 13.2. The van der Waals surface area contributed by atoms with Crippen LogP contribution in [0, 0.1) is 34.6 Å². The summed E-state index contributed by atoms with van der Waals surface area (Å²) in [6.45, 7) is 10.7. The van der Waals surface area contributed by atoms with Crippen LogP contribution in [0.2, 0.25) is 0 Å². The highest BCUT2D eigenvalue weighted by Gasteiger charge is 2.14. The number of nitrogens with two attached hydrogens (primary N) is 1. The van der Waals surface area contributed by atoms with E-state index in [9.17, 15) is 0 Å². The second-order valence-electron chi connectivity index (χ2n) is 4.96. The molecule has 4 nitrogen and oxygen atoms in total. The molecule has 0 radical (unpaired) electrons. The normalized spacial score (nSPS) is 10.8. The molecule has 1 aromatic heterocycles. The second-order valence-corrected chi connectivity index (χ2v) is 4.96. The van der Waals surface area contributed by atoms with Gasteiger partial charge in [0.1, 0.15) is 11.6 Å². The third kappa shape index (κ3) is 2.49. The lowest BCUT2D eigenvalue weighted by atomic mass is 9.94. The summed E-state index contributed by atoms with van der Waals surface area (Å²) in [6, 6.07) is 2.20. The number of aromatic nitrogens is 3. The Kier molecular flexibility index (Phi) is 3.62. The minimum Gasteiger partial charge on any atom is -0.324 e. The topological polar surface area (TPSA) is 64.7 Å². The van der Waals surface area contributed by atoms with Gasteiger partial charge in [0, 0.05) is 5.56 Å². The van der Waals surface area contributed by atoms with E-state index in [1.807, 2.05) is 6.92 Å². The lowest BCUT2D eigenvalue weighted by Gasteiger charge is -2.14. The Labute approximate surface area is 114 Å². The smallest absolute Gasteiger partial charge is 0.163 e. The fraction of sp³-hybridized carbons (Fsp3) is 0.400. The molecular weight excluding hydrogens is 236 g/mol. The molecule has 2 aromatic rings. The van der Waals surface area contributed by atoms with Crippen molar-refractivity contribution in [1.82, 2.24) is 15.0 Å². The molecule has 1 heterocycles. The maximum atomic E-state index is 5.65. The van der Waals surface area contributed by atoms with Crippen molar-refractivity contribution in [3.63, 3.8) is 0 Å². The minimum atomic E-state index is 0.333. The fourth-order valence-corrected chi connectivity index (χ4v) is 2.29. The van der Waals surface area contributed by atoms with Gasteiger partial charge >= 0.3 is 0 Å². The zero-order valence-corrected chi connectivity index (χ0v) is 12.2. The Morgan fingerprint density at radius 1 is 0.895 bits per heavy atom. The van der Waals surface area contributed by atoms with E-state index in [1.165, 1.54) is 22.3 Å². The van der Waals surface area contributed by atoms with Gasteiger partial charge in [0.05, 0.1) is 6.54 Å². The van der Waals surface area contributed by atoms with Gasteiger partial charge in [-0.2, -0.15) is 0 Å². The molecule has 2 N–H and O–H groups in total. The number of hydrogen-bond donors (Lipinski definition) is 1. The molecule has 4 heteroatoms. The maximum absolute atomic E-state index is 5.65. The number of nitrogens with zero attached hydrogens (tertiary/aromatic N) is 3. The highest BCUT2D eigenvalue weighted by Crippen LogP contribution is 2.29. The number of benzene rings is 1.